The highest BCUT2D eigenvalue weighted by Crippen LogP contribution is 2.26. The quantitative estimate of drug-likeness (QED) is 0.856. The molecule has 1 aromatic carbocycles. The van der Waals surface area contributed by atoms with Crippen LogP contribution in [0.25, 0.3) is 11.1 Å². The number of nitrogens with zero attached hydrogens (tertiary/aromatic N) is 1. The van der Waals surface area contributed by atoms with Crippen molar-refractivity contribution >= 4 is 11.1 Å². The summed E-state index contributed by atoms with van der Waals surface area (Å²) in [7, 11) is 0. The molecule has 0 unspecified atom stereocenters. The summed E-state index contributed by atoms with van der Waals surface area (Å²) < 4.78 is 32.1. The average molecular weight is 226 g/mol. The Morgan fingerprint density at radius 3 is 2.62 bits per heavy atom. The van der Waals surface area contributed by atoms with Crippen LogP contribution < -0.4 is 5.73 Å². The molecule has 0 saturated heterocycles. The minimum Gasteiger partial charge on any atom is -0.437 e. The van der Waals surface area contributed by atoms with Crippen LogP contribution in [0.2, 0.25) is 0 Å². The van der Waals surface area contributed by atoms with Crippen LogP contribution in [0.5, 0.6) is 0 Å². The second-order valence-electron chi connectivity index (χ2n) is 3.92. The number of oxazole rings is 1. The molecule has 0 aliphatic carbocycles. The number of nitrogens with two attached hydrogens (primary N) is 1. The highest BCUT2D eigenvalue weighted by molar-refractivity contribution is 5.74. The third-order valence-corrected chi connectivity index (χ3v) is 2.37. The normalized spacial score (nSPS) is 11.6. The summed E-state index contributed by atoms with van der Waals surface area (Å²) in [5.41, 5.74) is 5.59. The molecule has 0 fully saturated rings. The molecule has 0 amide bonds. The van der Waals surface area contributed by atoms with E-state index < -0.39 is 11.6 Å². The maximum Gasteiger partial charge on any atom is 0.203 e. The Morgan fingerprint density at radius 1 is 1.38 bits per heavy atom. The van der Waals surface area contributed by atoms with Crippen LogP contribution in [0.3, 0.4) is 0 Å². The molecule has 0 bridgehead atoms. The third kappa shape index (κ3) is 1.57. The number of halogens is 2. The molecule has 0 radical (unpaired) electrons. The topological polar surface area (TPSA) is 52.0 Å². The fourth-order valence-electron chi connectivity index (χ4n) is 1.47. The summed E-state index contributed by atoms with van der Waals surface area (Å²) in [5, 5.41) is 0. The van der Waals surface area contributed by atoms with Crippen molar-refractivity contribution in [2.24, 2.45) is 5.73 Å². The van der Waals surface area contributed by atoms with E-state index in [9.17, 15) is 8.78 Å². The standard InChI is InChI=1S/C11H12F2N2O/c1-5(2)11-15-7-3-6(4-14)8(12)9(13)10(7)16-11/h3,5H,4,14H2,1-2H3. The molecule has 5 heteroatoms. The molecule has 2 aromatic rings. The van der Waals surface area contributed by atoms with Gasteiger partial charge in [-0.15, -0.1) is 0 Å². The monoisotopic (exact) mass is 226 g/mol. The van der Waals surface area contributed by atoms with E-state index in [0.29, 0.717) is 11.4 Å². The molecule has 0 spiro atoms. The molecule has 0 aliphatic heterocycles. The third-order valence-electron chi connectivity index (χ3n) is 2.37. The summed E-state index contributed by atoms with van der Waals surface area (Å²) in [6.07, 6.45) is 0. The predicted molar refractivity (Wildman–Crippen MR) is 55.9 cm³/mol. The van der Waals surface area contributed by atoms with E-state index in [-0.39, 0.29) is 23.6 Å². The Morgan fingerprint density at radius 2 is 2.06 bits per heavy atom. The van der Waals surface area contributed by atoms with Crippen LogP contribution in [0, 0.1) is 11.6 Å². The molecule has 2 rings (SSSR count). The van der Waals surface area contributed by atoms with Crippen molar-refractivity contribution in [1.82, 2.24) is 4.98 Å². The van der Waals surface area contributed by atoms with Gasteiger partial charge in [0.25, 0.3) is 0 Å². The molecule has 3 nitrogen and oxygen atoms in total. The Hall–Kier alpha value is -1.49. The van der Waals surface area contributed by atoms with E-state index in [1.54, 1.807) is 0 Å². The molecule has 16 heavy (non-hydrogen) atoms. The summed E-state index contributed by atoms with van der Waals surface area (Å²) in [4.78, 5) is 4.09. The number of fused-ring (bicyclic) bond motifs is 1. The first kappa shape index (κ1) is 11.0. The highest BCUT2D eigenvalue weighted by Gasteiger charge is 2.18. The lowest BCUT2D eigenvalue weighted by Gasteiger charge is -1.99. The van der Waals surface area contributed by atoms with E-state index in [1.165, 1.54) is 6.07 Å². The van der Waals surface area contributed by atoms with Gasteiger partial charge in [-0.1, -0.05) is 13.8 Å². The first-order valence-corrected chi connectivity index (χ1v) is 5.02. The largest absolute Gasteiger partial charge is 0.437 e. The van der Waals surface area contributed by atoms with Crippen molar-refractivity contribution < 1.29 is 13.2 Å². The van der Waals surface area contributed by atoms with E-state index in [0.717, 1.165) is 0 Å². The molecular weight excluding hydrogens is 214 g/mol. The smallest absolute Gasteiger partial charge is 0.203 e. The van der Waals surface area contributed by atoms with E-state index >= 15 is 0 Å². The second kappa shape index (κ2) is 3.83. The van der Waals surface area contributed by atoms with Gasteiger partial charge in [-0.2, -0.15) is 4.39 Å². The molecule has 1 heterocycles. The molecule has 0 atom stereocenters. The Balaban J connectivity index is 2.72. The van der Waals surface area contributed by atoms with Gasteiger partial charge in [-0.05, 0) is 6.07 Å². The van der Waals surface area contributed by atoms with Gasteiger partial charge in [0.15, 0.2) is 17.3 Å². The predicted octanol–water partition coefficient (Wildman–Crippen LogP) is 2.69. The minimum absolute atomic E-state index is 0.0242. The van der Waals surface area contributed by atoms with Gasteiger partial charge in [0.2, 0.25) is 5.82 Å². The van der Waals surface area contributed by atoms with Crippen LogP contribution in [-0.4, -0.2) is 4.98 Å². The van der Waals surface area contributed by atoms with Crippen molar-refractivity contribution in [2.75, 3.05) is 0 Å². The summed E-state index contributed by atoms with van der Waals surface area (Å²) in [6, 6.07) is 1.42. The van der Waals surface area contributed by atoms with Crippen molar-refractivity contribution in [1.29, 1.82) is 0 Å². The SMILES string of the molecule is CC(C)c1nc2cc(CN)c(F)c(F)c2o1. The summed E-state index contributed by atoms with van der Waals surface area (Å²) in [5.74, 6) is -1.56. The Labute approximate surface area is 91.3 Å². The highest BCUT2D eigenvalue weighted by atomic mass is 19.2. The van der Waals surface area contributed by atoms with Gasteiger partial charge in [0.1, 0.15) is 5.52 Å². The zero-order valence-electron chi connectivity index (χ0n) is 9.05. The van der Waals surface area contributed by atoms with Gasteiger partial charge in [0, 0.05) is 18.0 Å². The number of hydrogen-bond acceptors (Lipinski definition) is 3. The second-order valence-corrected chi connectivity index (χ2v) is 3.92. The van der Waals surface area contributed by atoms with Crippen LogP contribution in [0.15, 0.2) is 10.5 Å². The lowest BCUT2D eigenvalue weighted by atomic mass is 10.2. The van der Waals surface area contributed by atoms with Gasteiger partial charge in [-0.3, -0.25) is 0 Å². The van der Waals surface area contributed by atoms with Crippen LogP contribution >= 0.6 is 0 Å². The Bertz CT molecular complexity index is 534. The molecule has 2 N–H and O–H groups in total. The van der Waals surface area contributed by atoms with Gasteiger partial charge in [0.05, 0.1) is 0 Å². The van der Waals surface area contributed by atoms with Crippen molar-refractivity contribution in [3.8, 4) is 0 Å². The Kier molecular flexibility index (Phi) is 2.63. The molecular formula is C11H12F2N2O. The van der Waals surface area contributed by atoms with Crippen molar-refractivity contribution in [3.05, 3.63) is 29.2 Å². The van der Waals surface area contributed by atoms with E-state index in [2.05, 4.69) is 4.98 Å². The maximum atomic E-state index is 13.6. The van der Waals surface area contributed by atoms with Crippen molar-refractivity contribution in [2.45, 2.75) is 26.3 Å². The number of benzene rings is 1. The van der Waals surface area contributed by atoms with Gasteiger partial charge in [-0.25, -0.2) is 9.37 Å². The molecule has 0 aliphatic rings. The number of aromatic nitrogens is 1. The first-order valence-electron chi connectivity index (χ1n) is 5.02. The first-order chi connectivity index (χ1) is 7.54. The van der Waals surface area contributed by atoms with Crippen molar-refractivity contribution in [3.63, 3.8) is 0 Å². The van der Waals surface area contributed by atoms with Crippen LogP contribution in [-0.2, 0) is 6.54 Å². The van der Waals surface area contributed by atoms with Crippen LogP contribution in [0.1, 0.15) is 31.2 Å². The fraction of sp³-hybridized carbons (Fsp3) is 0.364. The fourth-order valence-corrected chi connectivity index (χ4v) is 1.47. The average Bonchev–Trinajstić information content (AvgIpc) is 2.67. The van der Waals surface area contributed by atoms with Gasteiger partial charge < -0.3 is 10.2 Å². The maximum absolute atomic E-state index is 13.6. The lowest BCUT2D eigenvalue weighted by molar-refractivity contribution is 0.458. The van der Waals surface area contributed by atoms with E-state index in [4.69, 9.17) is 10.2 Å². The minimum atomic E-state index is -1.02. The number of hydrogen-bond donors (Lipinski definition) is 1. The molecule has 0 saturated carbocycles. The van der Waals surface area contributed by atoms with Crippen LogP contribution in [0.4, 0.5) is 8.78 Å². The molecule has 86 valence electrons. The number of rotatable bonds is 2. The summed E-state index contributed by atoms with van der Waals surface area (Å²) in [6.45, 7) is 3.66. The lowest BCUT2D eigenvalue weighted by Crippen LogP contribution is -2.02. The van der Waals surface area contributed by atoms with Gasteiger partial charge >= 0.3 is 0 Å². The summed E-state index contributed by atoms with van der Waals surface area (Å²) >= 11 is 0. The molecule has 1 aromatic heterocycles. The zero-order valence-corrected chi connectivity index (χ0v) is 9.05. The van der Waals surface area contributed by atoms with E-state index in [1.807, 2.05) is 13.8 Å². The zero-order chi connectivity index (χ0) is 11.9.